The second-order valence-corrected chi connectivity index (χ2v) is 4.69. The van der Waals surface area contributed by atoms with E-state index in [4.69, 9.17) is 5.73 Å². The number of benzene rings is 1. The van der Waals surface area contributed by atoms with Gasteiger partial charge in [-0.15, -0.1) is 0 Å². The van der Waals surface area contributed by atoms with Gasteiger partial charge in [-0.3, -0.25) is 4.98 Å². The molecule has 1 heterocycles. The highest BCUT2D eigenvalue weighted by Crippen LogP contribution is 2.29. The molecule has 0 radical (unpaired) electrons. The van der Waals surface area contributed by atoms with Crippen LogP contribution in [0.15, 0.2) is 41.1 Å². The van der Waals surface area contributed by atoms with Gasteiger partial charge in [0.25, 0.3) is 0 Å². The van der Waals surface area contributed by atoms with Crippen molar-refractivity contribution in [1.82, 2.24) is 4.98 Å². The smallest absolute Gasteiger partial charge is 0.141 e. The SMILES string of the molecule is Cc1cccc(C(N)c2cncc(F)c2)c1Br. The van der Waals surface area contributed by atoms with Gasteiger partial charge < -0.3 is 5.73 Å². The number of nitrogens with zero attached hydrogens (tertiary/aromatic N) is 1. The van der Waals surface area contributed by atoms with Gasteiger partial charge in [0.15, 0.2) is 0 Å². The molecule has 0 amide bonds. The summed E-state index contributed by atoms with van der Waals surface area (Å²) in [6.45, 7) is 1.99. The molecule has 17 heavy (non-hydrogen) atoms. The summed E-state index contributed by atoms with van der Waals surface area (Å²) in [4.78, 5) is 3.81. The Bertz CT molecular complexity index is 543. The molecule has 2 aromatic rings. The number of halogens is 2. The van der Waals surface area contributed by atoms with E-state index in [1.807, 2.05) is 25.1 Å². The average Bonchev–Trinajstić information content (AvgIpc) is 2.32. The molecule has 0 saturated heterocycles. The summed E-state index contributed by atoms with van der Waals surface area (Å²) in [6, 6.07) is 6.87. The van der Waals surface area contributed by atoms with Gasteiger partial charge in [0, 0.05) is 10.7 Å². The Kier molecular flexibility index (Phi) is 3.54. The fraction of sp³-hybridized carbons (Fsp3) is 0.154. The second kappa shape index (κ2) is 4.94. The molecule has 2 rings (SSSR count). The first-order chi connectivity index (χ1) is 8.09. The van der Waals surface area contributed by atoms with Gasteiger partial charge in [-0.2, -0.15) is 0 Å². The summed E-state index contributed by atoms with van der Waals surface area (Å²) >= 11 is 3.50. The molecule has 0 aliphatic rings. The van der Waals surface area contributed by atoms with Gasteiger partial charge in [0.2, 0.25) is 0 Å². The largest absolute Gasteiger partial charge is 0.320 e. The zero-order valence-electron chi connectivity index (χ0n) is 9.32. The predicted octanol–water partition coefficient (Wildman–Crippen LogP) is 3.34. The van der Waals surface area contributed by atoms with E-state index in [0.717, 1.165) is 15.6 Å². The molecule has 1 unspecified atom stereocenters. The summed E-state index contributed by atoms with van der Waals surface area (Å²) in [7, 11) is 0. The summed E-state index contributed by atoms with van der Waals surface area (Å²) in [5.74, 6) is -0.373. The number of aryl methyl sites for hydroxylation is 1. The minimum atomic E-state index is -0.382. The Hall–Kier alpha value is -1.26. The highest BCUT2D eigenvalue weighted by molar-refractivity contribution is 9.10. The van der Waals surface area contributed by atoms with Crippen molar-refractivity contribution in [1.29, 1.82) is 0 Å². The Labute approximate surface area is 108 Å². The summed E-state index contributed by atoms with van der Waals surface area (Å²) in [5.41, 5.74) is 8.81. The van der Waals surface area contributed by atoms with Crippen LogP contribution in [0, 0.1) is 12.7 Å². The van der Waals surface area contributed by atoms with Crippen LogP contribution < -0.4 is 5.73 Å². The molecular formula is C13H12BrFN2. The van der Waals surface area contributed by atoms with Crippen molar-refractivity contribution in [3.05, 3.63) is 63.6 Å². The standard InChI is InChI=1S/C13H12BrFN2/c1-8-3-2-4-11(12(8)14)13(16)9-5-10(15)7-17-6-9/h2-7,13H,16H2,1H3. The van der Waals surface area contributed by atoms with Crippen LogP contribution in [0.25, 0.3) is 0 Å². The number of aromatic nitrogens is 1. The van der Waals surface area contributed by atoms with Gasteiger partial charge >= 0.3 is 0 Å². The van der Waals surface area contributed by atoms with E-state index in [1.54, 1.807) is 6.20 Å². The highest BCUT2D eigenvalue weighted by Gasteiger charge is 2.14. The van der Waals surface area contributed by atoms with Gasteiger partial charge in [-0.1, -0.05) is 34.1 Å². The maximum absolute atomic E-state index is 13.1. The first-order valence-corrected chi connectivity index (χ1v) is 6.00. The zero-order valence-corrected chi connectivity index (χ0v) is 10.9. The van der Waals surface area contributed by atoms with E-state index in [2.05, 4.69) is 20.9 Å². The van der Waals surface area contributed by atoms with Crippen LogP contribution in [0.4, 0.5) is 4.39 Å². The van der Waals surface area contributed by atoms with Gasteiger partial charge in [-0.25, -0.2) is 4.39 Å². The third kappa shape index (κ3) is 2.53. The third-order valence-corrected chi connectivity index (χ3v) is 3.73. The van der Waals surface area contributed by atoms with E-state index in [1.165, 1.54) is 12.3 Å². The van der Waals surface area contributed by atoms with Crippen LogP contribution in [0.3, 0.4) is 0 Å². The van der Waals surface area contributed by atoms with Crippen molar-refractivity contribution >= 4 is 15.9 Å². The number of nitrogens with two attached hydrogens (primary N) is 1. The molecule has 0 aliphatic carbocycles. The lowest BCUT2D eigenvalue weighted by Gasteiger charge is -2.15. The summed E-state index contributed by atoms with van der Waals surface area (Å²) in [6.07, 6.45) is 2.75. The van der Waals surface area contributed by atoms with Gasteiger partial charge in [0.1, 0.15) is 5.82 Å². The van der Waals surface area contributed by atoms with Crippen molar-refractivity contribution in [3.63, 3.8) is 0 Å². The fourth-order valence-corrected chi connectivity index (χ4v) is 2.20. The zero-order chi connectivity index (χ0) is 12.4. The molecule has 4 heteroatoms. The van der Waals surface area contributed by atoms with E-state index < -0.39 is 0 Å². The summed E-state index contributed by atoms with van der Waals surface area (Å²) < 4.78 is 14.0. The Balaban J connectivity index is 2.44. The Morgan fingerprint density at radius 2 is 2.12 bits per heavy atom. The van der Waals surface area contributed by atoms with E-state index in [-0.39, 0.29) is 11.9 Å². The monoisotopic (exact) mass is 294 g/mol. The molecule has 0 bridgehead atoms. The van der Waals surface area contributed by atoms with Crippen LogP contribution in [0.2, 0.25) is 0 Å². The van der Waals surface area contributed by atoms with Gasteiger partial charge in [0.05, 0.1) is 12.2 Å². The molecule has 0 aliphatic heterocycles. The van der Waals surface area contributed by atoms with E-state index in [9.17, 15) is 4.39 Å². The number of hydrogen-bond donors (Lipinski definition) is 1. The van der Waals surface area contributed by atoms with Crippen molar-refractivity contribution < 1.29 is 4.39 Å². The van der Waals surface area contributed by atoms with Crippen LogP contribution in [-0.4, -0.2) is 4.98 Å². The lowest BCUT2D eigenvalue weighted by atomic mass is 9.99. The molecule has 1 aromatic heterocycles. The first-order valence-electron chi connectivity index (χ1n) is 5.20. The lowest BCUT2D eigenvalue weighted by molar-refractivity contribution is 0.616. The minimum absolute atomic E-state index is 0.373. The maximum atomic E-state index is 13.1. The Morgan fingerprint density at radius 1 is 1.35 bits per heavy atom. The molecule has 0 fully saturated rings. The number of pyridine rings is 1. The molecule has 1 aromatic carbocycles. The first kappa shape index (κ1) is 12.2. The topological polar surface area (TPSA) is 38.9 Å². The quantitative estimate of drug-likeness (QED) is 0.923. The average molecular weight is 295 g/mol. The van der Waals surface area contributed by atoms with Crippen LogP contribution >= 0.6 is 15.9 Å². The normalized spacial score (nSPS) is 12.5. The maximum Gasteiger partial charge on any atom is 0.141 e. The minimum Gasteiger partial charge on any atom is -0.320 e. The van der Waals surface area contributed by atoms with Crippen molar-refractivity contribution in [2.24, 2.45) is 5.73 Å². The molecule has 2 N–H and O–H groups in total. The van der Waals surface area contributed by atoms with E-state index in [0.29, 0.717) is 5.56 Å². The molecule has 1 atom stereocenters. The second-order valence-electron chi connectivity index (χ2n) is 3.89. The third-order valence-electron chi connectivity index (χ3n) is 2.64. The molecule has 88 valence electrons. The molecule has 2 nitrogen and oxygen atoms in total. The molecule has 0 saturated carbocycles. The predicted molar refractivity (Wildman–Crippen MR) is 69.1 cm³/mol. The number of hydrogen-bond acceptors (Lipinski definition) is 2. The molecule has 0 spiro atoms. The number of rotatable bonds is 2. The van der Waals surface area contributed by atoms with Crippen LogP contribution in [0.1, 0.15) is 22.7 Å². The lowest BCUT2D eigenvalue weighted by Crippen LogP contribution is -2.13. The van der Waals surface area contributed by atoms with Crippen molar-refractivity contribution in [3.8, 4) is 0 Å². The van der Waals surface area contributed by atoms with Gasteiger partial charge in [-0.05, 0) is 29.7 Å². The van der Waals surface area contributed by atoms with Crippen molar-refractivity contribution in [2.45, 2.75) is 13.0 Å². The summed E-state index contributed by atoms with van der Waals surface area (Å²) in [5, 5.41) is 0. The van der Waals surface area contributed by atoms with E-state index >= 15 is 0 Å². The van der Waals surface area contributed by atoms with Crippen LogP contribution in [0.5, 0.6) is 0 Å². The van der Waals surface area contributed by atoms with Crippen LogP contribution in [-0.2, 0) is 0 Å². The molecular weight excluding hydrogens is 283 g/mol. The fourth-order valence-electron chi connectivity index (χ4n) is 1.69. The Morgan fingerprint density at radius 3 is 2.82 bits per heavy atom. The van der Waals surface area contributed by atoms with Crippen molar-refractivity contribution in [2.75, 3.05) is 0 Å². The highest BCUT2D eigenvalue weighted by atomic mass is 79.9.